The Kier molecular flexibility index (Phi) is 4.50. The molecule has 1 aromatic carbocycles. The number of alkyl halides is 1. The molecule has 0 spiro atoms. The minimum absolute atomic E-state index is 0.0760. The smallest absolute Gasteiger partial charge is 0.246 e. The van der Waals surface area contributed by atoms with E-state index >= 15 is 0 Å². The van der Waals surface area contributed by atoms with Crippen molar-refractivity contribution in [3.8, 4) is 5.75 Å². The molecule has 1 N–H and O–H groups in total. The fourth-order valence-electron chi connectivity index (χ4n) is 1.45. The Balaban J connectivity index is 3.23. The van der Waals surface area contributed by atoms with Crippen LogP contribution in [0.5, 0.6) is 5.75 Å². The van der Waals surface area contributed by atoms with Gasteiger partial charge in [0.15, 0.2) is 0 Å². The van der Waals surface area contributed by atoms with E-state index in [9.17, 15) is 8.42 Å². The molecule has 102 valence electrons. The maximum atomic E-state index is 11.5. The second-order valence-electron chi connectivity index (χ2n) is 4.99. The zero-order valence-electron chi connectivity index (χ0n) is 11.0. The third-order valence-corrected chi connectivity index (χ3v) is 4.15. The molecule has 1 rings (SSSR count). The molecule has 0 radical (unpaired) electrons. The first-order valence-electron chi connectivity index (χ1n) is 5.44. The van der Waals surface area contributed by atoms with Gasteiger partial charge in [-0.25, -0.2) is 8.42 Å². The van der Waals surface area contributed by atoms with Crippen LogP contribution in [0.4, 0.5) is 5.69 Å². The summed E-state index contributed by atoms with van der Waals surface area (Å²) >= 11 is 5.38. The molecule has 0 aliphatic rings. The van der Waals surface area contributed by atoms with Gasteiger partial charge in [0.05, 0.1) is 12.8 Å². The van der Waals surface area contributed by atoms with Crippen LogP contribution in [0.25, 0.3) is 0 Å². The van der Waals surface area contributed by atoms with Gasteiger partial charge in [-0.2, -0.15) is 0 Å². The number of anilines is 1. The molecule has 0 saturated heterocycles. The molecule has 4 nitrogen and oxygen atoms in total. The van der Waals surface area contributed by atoms with Crippen molar-refractivity contribution in [2.45, 2.75) is 26.2 Å². The number of halogens is 1. The van der Waals surface area contributed by atoms with Gasteiger partial charge in [0.2, 0.25) is 10.0 Å². The van der Waals surface area contributed by atoms with Crippen LogP contribution in [0.15, 0.2) is 18.2 Å². The number of ether oxygens (including phenoxy) is 1. The van der Waals surface area contributed by atoms with E-state index in [1.165, 1.54) is 7.11 Å². The third-order valence-electron chi connectivity index (χ3n) is 2.47. The van der Waals surface area contributed by atoms with Gasteiger partial charge in [-0.1, -0.05) is 26.8 Å². The minimum Gasteiger partial charge on any atom is -0.495 e. The number of methoxy groups -OCH3 is 1. The lowest BCUT2D eigenvalue weighted by atomic mass is 9.87. The van der Waals surface area contributed by atoms with Gasteiger partial charge < -0.3 is 4.74 Å². The van der Waals surface area contributed by atoms with Crippen LogP contribution in [-0.2, 0) is 15.4 Å². The van der Waals surface area contributed by atoms with E-state index < -0.39 is 15.2 Å². The van der Waals surface area contributed by atoms with Gasteiger partial charge in [0.1, 0.15) is 11.0 Å². The summed E-state index contributed by atoms with van der Waals surface area (Å²) in [7, 11) is -2.04. The number of hydrogen-bond donors (Lipinski definition) is 1. The van der Waals surface area contributed by atoms with Crippen LogP contribution < -0.4 is 9.46 Å². The van der Waals surface area contributed by atoms with Crippen molar-refractivity contribution in [2.75, 3.05) is 17.0 Å². The van der Waals surface area contributed by atoms with Gasteiger partial charge in [0.25, 0.3) is 0 Å². The Hall–Kier alpha value is -0.940. The number of hydrogen-bond acceptors (Lipinski definition) is 3. The highest BCUT2D eigenvalue weighted by Gasteiger charge is 2.18. The number of sulfonamides is 1. The summed E-state index contributed by atoms with van der Waals surface area (Å²) in [4.78, 5) is 0. The van der Waals surface area contributed by atoms with E-state index in [-0.39, 0.29) is 5.41 Å². The molecule has 0 bridgehead atoms. The highest BCUT2D eigenvalue weighted by atomic mass is 35.5. The van der Waals surface area contributed by atoms with Gasteiger partial charge in [-0.05, 0) is 23.1 Å². The zero-order valence-corrected chi connectivity index (χ0v) is 12.5. The van der Waals surface area contributed by atoms with Crippen LogP contribution in [0.3, 0.4) is 0 Å². The highest BCUT2D eigenvalue weighted by Crippen LogP contribution is 2.32. The van der Waals surface area contributed by atoms with Crippen molar-refractivity contribution < 1.29 is 13.2 Å². The molecule has 0 heterocycles. The summed E-state index contributed by atoms with van der Waals surface area (Å²) in [6, 6.07) is 5.42. The van der Waals surface area contributed by atoms with Gasteiger partial charge in [0, 0.05) is 0 Å². The second kappa shape index (κ2) is 5.36. The summed E-state index contributed by atoms with van der Waals surface area (Å²) in [6.07, 6.45) is 0. The molecule has 0 fully saturated rings. The van der Waals surface area contributed by atoms with E-state index in [0.717, 1.165) is 5.56 Å². The molecular formula is C12H18ClNO3S. The fraction of sp³-hybridized carbons (Fsp3) is 0.500. The SMILES string of the molecule is COc1ccc(C(C)(C)C)cc1NS(=O)(=O)CCl. The van der Waals surface area contributed by atoms with Crippen molar-refractivity contribution in [2.24, 2.45) is 0 Å². The average molecular weight is 292 g/mol. The largest absolute Gasteiger partial charge is 0.495 e. The molecule has 0 unspecified atom stereocenters. The van der Waals surface area contributed by atoms with Crippen molar-refractivity contribution in [3.63, 3.8) is 0 Å². The van der Waals surface area contributed by atoms with Gasteiger partial charge in [-0.3, -0.25) is 4.72 Å². The van der Waals surface area contributed by atoms with Crippen molar-refractivity contribution in [1.82, 2.24) is 0 Å². The Morgan fingerprint density at radius 3 is 2.39 bits per heavy atom. The average Bonchev–Trinajstić information content (AvgIpc) is 2.27. The predicted octanol–water partition coefficient (Wildman–Crippen LogP) is 2.93. The summed E-state index contributed by atoms with van der Waals surface area (Å²) in [5, 5.41) is -0.490. The molecule has 1 aromatic rings. The van der Waals surface area contributed by atoms with Gasteiger partial charge in [-0.15, -0.1) is 11.6 Å². The molecule has 0 aromatic heterocycles. The lowest BCUT2D eigenvalue weighted by Crippen LogP contribution is -2.16. The fourth-order valence-corrected chi connectivity index (χ4v) is 2.16. The molecule has 0 aliphatic carbocycles. The van der Waals surface area contributed by atoms with E-state index in [2.05, 4.69) is 25.5 Å². The summed E-state index contributed by atoms with van der Waals surface area (Å²) in [6.45, 7) is 6.15. The van der Waals surface area contributed by atoms with E-state index in [1.807, 2.05) is 6.07 Å². The van der Waals surface area contributed by atoms with Gasteiger partial charge >= 0.3 is 0 Å². The maximum Gasteiger partial charge on any atom is 0.246 e. The third kappa shape index (κ3) is 3.78. The van der Waals surface area contributed by atoms with Crippen LogP contribution in [0, 0.1) is 0 Å². The Bertz CT molecular complexity index is 521. The Labute approximate surface area is 113 Å². The molecule has 0 aliphatic heterocycles. The van der Waals surface area contributed by atoms with Crippen molar-refractivity contribution in [1.29, 1.82) is 0 Å². The van der Waals surface area contributed by atoms with E-state index in [4.69, 9.17) is 16.3 Å². The Morgan fingerprint density at radius 1 is 1.33 bits per heavy atom. The van der Waals surface area contributed by atoms with E-state index in [1.54, 1.807) is 12.1 Å². The first-order valence-corrected chi connectivity index (χ1v) is 7.63. The summed E-state index contributed by atoms with van der Waals surface area (Å²) in [5.74, 6) is 0.469. The van der Waals surface area contributed by atoms with Crippen LogP contribution >= 0.6 is 11.6 Å². The normalized spacial score (nSPS) is 12.3. The van der Waals surface area contributed by atoms with Crippen LogP contribution in [0.2, 0.25) is 0 Å². The lowest BCUT2D eigenvalue weighted by molar-refractivity contribution is 0.416. The molecule has 0 amide bonds. The van der Waals surface area contributed by atoms with Crippen molar-refractivity contribution in [3.05, 3.63) is 23.8 Å². The highest BCUT2D eigenvalue weighted by molar-refractivity contribution is 7.93. The lowest BCUT2D eigenvalue weighted by Gasteiger charge is -2.21. The quantitative estimate of drug-likeness (QED) is 0.868. The second-order valence-corrected chi connectivity index (χ2v) is 7.30. The van der Waals surface area contributed by atoms with Crippen LogP contribution in [-0.4, -0.2) is 20.7 Å². The molecule has 0 atom stereocenters. The topological polar surface area (TPSA) is 55.4 Å². The van der Waals surface area contributed by atoms with Crippen molar-refractivity contribution >= 4 is 27.3 Å². The van der Waals surface area contributed by atoms with Crippen LogP contribution in [0.1, 0.15) is 26.3 Å². The first kappa shape index (κ1) is 15.1. The number of rotatable bonds is 4. The Morgan fingerprint density at radius 2 is 1.94 bits per heavy atom. The summed E-state index contributed by atoms with van der Waals surface area (Å²) in [5.41, 5.74) is 1.34. The standard InChI is InChI=1S/C12H18ClNO3S/c1-12(2,3)9-5-6-11(17-4)10(7-9)14-18(15,16)8-13/h5-7,14H,8H2,1-4H3. The predicted molar refractivity (Wildman–Crippen MR) is 75.0 cm³/mol. The molecule has 6 heteroatoms. The summed E-state index contributed by atoms with van der Waals surface area (Å²) < 4.78 is 30.5. The molecule has 0 saturated carbocycles. The molecular weight excluding hydrogens is 274 g/mol. The minimum atomic E-state index is -3.53. The zero-order chi connectivity index (χ0) is 14.0. The number of nitrogens with one attached hydrogen (secondary N) is 1. The monoisotopic (exact) mass is 291 g/mol. The van der Waals surface area contributed by atoms with E-state index in [0.29, 0.717) is 11.4 Å². The number of benzene rings is 1. The molecule has 18 heavy (non-hydrogen) atoms. The maximum absolute atomic E-state index is 11.5. The first-order chi connectivity index (χ1) is 8.19.